The van der Waals surface area contributed by atoms with Crippen molar-refractivity contribution in [2.24, 2.45) is 18.7 Å². The number of carbonyl (C=O) groups is 1. The van der Waals surface area contributed by atoms with Gasteiger partial charge in [0.25, 0.3) is 0 Å². The van der Waals surface area contributed by atoms with E-state index >= 15 is 0 Å². The van der Waals surface area contributed by atoms with E-state index in [0.29, 0.717) is 6.42 Å². The monoisotopic (exact) mass is 283 g/mol. The third-order valence-corrected chi connectivity index (χ3v) is 3.55. The van der Waals surface area contributed by atoms with Crippen LogP contribution in [0.4, 0.5) is 5.69 Å². The number of anilines is 1. The van der Waals surface area contributed by atoms with Crippen LogP contribution in [0, 0.1) is 5.92 Å². The van der Waals surface area contributed by atoms with Gasteiger partial charge in [-0.2, -0.15) is 0 Å². The van der Waals surface area contributed by atoms with Crippen LogP contribution in [-0.2, 0) is 11.8 Å². The lowest BCUT2D eigenvalue weighted by Crippen LogP contribution is -2.23. The second kappa shape index (κ2) is 5.49. The van der Waals surface area contributed by atoms with E-state index in [2.05, 4.69) is 15.5 Å². The number of hydrogen-bond acceptors (Lipinski definition) is 4. The Morgan fingerprint density at radius 2 is 2.29 bits per heavy atom. The molecule has 2 unspecified atom stereocenters. The number of nitrogens with two attached hydrogens (primary N) is 1. The molecule has 1 aliphatic carbocycles. The van der Waals surface area contributed by atoms with Gasteiger partial charge in [-0.25, -0.2) is 0 Å². The molecule has 1 heterocycles. The normalized spacial score (nSPS) is 20.7. The van der Waals surface area contributed by atoms with Crippen LogP contribution in [0.5, 0.6) is 0 Å². The van der Waals surface area contributed by atoms with Crippen LogP contribution in [0.2, 0.25) is 0 Å². The first-order valence-electron chi connectivity index (χ1n) is 6.82. The minimum absolute atomic E-state index is 0.0225. The molecule has 1 amide bonds. The highest BCUT2D eigenvalue weighted by Gasteiger charge is 2.22. The van der Waals surface area contributed by atoms with Gasteiger partial charge < -0.3 is 15.6 Å². The van der Waals surface area contributed by atoms with E-state index < -0.39 is 0 Å². The number of amides is 1. The van der Waals surface area contributed by atoms with E-state index in [0.717, 1.165) is 17.1 Å². The van der Waals surface area contributed by atoms with Crippen LogP contribution >= 0.6 is 0 Å². The molecule has 1 aromatic carbocycles. The van der Waals surface area contributed by atoms with Gasteiger partial charge in [-0.3, -0.25) is 4.79 Å². The lowest BCUT2D eigenvalue weighted by molar-refractivity contribution is -0.118. The van der Waals surface area contributed by atoms with Gasteiger partial charge >= 0.3 is 0 Å². The summed E-state index contributed by atoms with van der Waals surface area (Å²) in [4.78, 5) is 12.2. The van der Waals surface area contributed by atoms with Crippen molar-refractivity contribution in [1.82, 2.24) is 14.8 Å². The Morgan fingerprint density at radius 1 is 1.43 bits per heavy atom. The number of rotatable bonds is 3. The van der Waals surface area contributed by atoms with Crippen LogP contribution in [0.15, 0.2) is 42.7 Å². The van der Waals surface area contributed by atoms with Crippen molar-refractivity contribution < 1.29 is 4.79 Å². The highest BCUT2D eigenvalue weighted by Crippen LogP contribution is 2.22. The Bertz CT molecular complexity index is 691. The van der Waals surface area contributed by atoms with E-state index in [4.69, 9.17) is 5.73 Å². The molecule has 6 nitrogen and oxygen atoms in total. The highest BCUT2D eigenvalue weighted by molar-refractivity contribution is 5.94. The molecular formula is C15H17N5O. The average Bonchev–Trinajstić information content (AvgIpc) is 3.08. The summed E-state index contributed by atoms with van der Waals surface area (Å²) in [7, 11) is 1.88. The lowest BCUT2D eigenvalue weighted by Gasteiger charge is -2.11. The Morgan fingerprint density at radius 3 is 2.95 bits per heavy atom. The Hall–Kier alpha value is -2.47. The van der Waals surface area contributed by atoms with Crippen molar-refractivity contribution in [2.75, 3.05) is 5.32 Å². The maximum absolute atomic E-state index is 12.2. The molecule has 0 aliphatic heterocycles. The molecule has 0 spiro atoms. The molecule has 3 rings (SSSR count). The predicted molar refractivity (Wildman–Crippen MR) is 80.3 cm³/mol. The fourth-order valence-electron chi connectivity index (χ4n) is 2.44. The minimum Gasteiger partial charge on any atom is -0.326 e. The number of nitrogens with zero attached hydrogens (tertiary/aromatic N) is 3. The smallest absolute Gasteiger partial charge is 0.231 e. The Kier molecular flexibility index (Phi) is 3.53. The summed E-state index contributed by atoms with van der Waals surface area (Å²) in [5, 5.41) is 10.9. The van der Waals surface area contributed by atoms with Crippen molar-refractivity contribution in [3.05, 3.63) is 42.7 Å². The van der Waals surface area contributed by atoms with Gasteiger partial charge in [-0.1, -0.05) is 24.3 Å². The summed E-state index contributed by atoms with van der Waals surface area (Å²) in [6, 6.07) is 7.54. The third-order valence-electron chi connectivity index (χ3n) is 3.55. The number of aryl methyl sites for hydroxylation is 1. The molecule has 108 valence electrons. The molecular weight excluding hydrogens is 266 g/mol. The Labute approximate surface area is 122 Å². The quantitative estimate of drug-likeness (QED) is 0.832. The summed E-state index contributed by atoms with van der Waals surface area (Å²) in [6.07, 6.45) is 6.05. The molecule has 2 atom stereocenters. The van der Waals surface area contributed by atoms with Gasteiger partial charge in [0.15, 0.2) is 5.82 Å². The highest BCUT2D eigenvalue weighted by atomic mass is 16.1. The summed E-state index contributed by atoms with van der Waals surface area (Å²) in [6.45, 7) is 0. The molecule has 6 heteroatoms. The van der Waals surface area contributed by atoms with Crippen molar-refractivity contribution in [3.63, 3.8) is 0 Å². The molecule has 1 aromatic heterocycles. The first-order chi connectivity index (χ1) is 10.1. The van der Waals surface area contributed by atoms with Crippen molar-refractivity contribution in [3.8, 4) is 11.4 Å². The lowest BCUT2D eigenvalue weighted by atomic mass is 10.1. The molecule has 0 bridgehead atoms. The molecule has 21 heavy (non-hydrogen) atoms. The SMILES string of the molecule is Cn1cnnc1-c1cccc(NC(=O)C2C=CC(N)C2)c1. The van der Waals surface area contributed by atoms with E-state index in [1.54, 1.807) is 6.33 Å². The second-order valence-corrected chi connectivity index (χ2v) is 5.23. The van der Waals surface area contributed by atoms with E-state index in [-0.39, 0.29) is 17.9 Å². The van der Waals surface area contributed by atoms with E-state index in [9.17, 15) is 4.79 Å². The van der Waals surface area contributed by atoms with E-state index in [1.807, 2.05) is 48.0 Å². The molecule has 3 N–H and O–H groups in total. The summed E-state index contributed by atoms with van der Waals surface area (Å²) >= 11 is 0. The Balaban J connectivity index is 1.76. The largest absolute Gasteiger partial charge is 0.326 e. The zero-order chi connectivity index (χ0) is 14.8. The van der Waals surface area contributed by atoms with Gasteiger partial charge in [0.2, 0.25) is 5.91 Å². The van der Waals surface area contributed by atoms with Gasteiger partial charge in [0, 0.05) is 24.3 Å². The van der Waals surface area contributed by atoms with E-state index in [1.165, 1.54) is 0 Å². The van der Waals surface area contributed by atoms with Crippen LogP contribution < -0.4 is 11.1 Å². The fourth-order valence-corrected chi connectivity index (χ4v) is 2.44. The molecule has 1 aliphatic rings. The summed E-state index contributed by atoms with van der Waals surface area (Å²) in [5.41, 5.74) is 7.43. The maximum atomic E-state index is 12.2. The van der Waals surface area contributed by atoms with Crippen molar-refractivity contribution in [2.45, 2.75) is 12.5 Å². The fraction of sp³-hybridized carbons (Fsp3) is 0.267. The minimum atomic E-state index is -0.154. The first kappa shape index (κ1) is 13.5. The van der Waals surface area contributed by atoms with Crippen LogP contribution in [-0.4, -0.2) is 26.7 Å². The zero-order valence-corrected chi connectivity index (χ0v) is 11.7. The van der Waals surface area contributed by atoms with Crippen molar-refractivity contribution >= 4 is 11.6 Å². The zero-order valence-electron chi connectivity index (χ0n) is 11.7. The standard InChI is InChI=1S/C15H17N5O/c1-20-9-17-19-14(20)10-3-2-4-13(8-10)18-15(21)11-5-6-12(16)7-11/h2-6,8-9,11-12H,7,16H2,1H3,(H,18,21). The second-order valence-electron chi connectivity index (χ2n) is 5.23. The molecule has 0 saturated carbocycles. The molecule has 2 aromatic rings. The molecule has 0 fully saturated rings. The van der Waals surface area contributed by atoms with Gasteiger partial charge in [-0.15, -0.1) is 10.2 Å². The summed E-state index contributed by atoms with van der Waals surface area (Å²) < 4.78 is 1.83. The third kappa shape index (κ3) is 2.85. The topological polar surface area (TPSA) is 85.8 Å². The average molecular weight is 283 g/mol. The van der Waals surface area contributed by atoms with Crippen LogP contribution in [0.25, 0.3) is 11.4 Å². The summed E-state index contributed by atoms with van der Waals surface area (Å²) in [5.74, 6) is 0.571. The number of hydrogen-bond donors (Lipinski definition) is 2. The van der Waals surface area contributed by atoms with Gasteiger partial charge in [-0.05, 0) is 18.6 Å². The van der Waals surface area contributed by atoms with Gasteiger partial charge in [0.1, 0.15) is 6.33 Å². The van der Waals surface area contributed by atoms with Gasteiger partial charge in [0.05, 0.1) is 5.92 Å². The number of carbonyl (C=O) groups excluding carboxylic acids is 1. The molecule has 0 radical (unpaired) electrons. The number of nitrogens with one attached hydrogen (secondary N) is 1. The first-order valence-corrected chi connectivity index (χ1v) is 6.82. The van der Waals surface area contributed by atoms with Crippen LogP contribution in [0.1, 0.15) is 6.42 Å². The predicted octanol–water partition coefficient (Wildman–Crippen LogP) is 1.32. The molecule has 0 saturated heterocycles. The number of benzene rings is 1. The maximum Gasteiger partial charge on any atom is 0.231 e. The van der Waals surface area contributed by atoms with Crippen molar-refractivity contribution in [1.29, 1.82) is 0 Å². The van der Waals surface area contributed by atoms with Crippen LogP contribution in [0.3, 0.4) is 0 Å². The number of aromatic nitrogens is 3.